The summed E-state index contributed by atoms with van der Waals surface area (Å²) in [5.41, 5.74) is -0.897. The highest BCUT2D eigenvalue weighted by molar-refractivity contribution is 5.87. The Balaban J connectivity index is 1.80. The van der Waals surface area contributed by atoms with Gasteiger partial charge in [0.15, 0.2) is 5.82 Å². The zero-order chi connectivity index (χ0) is 21.4. The maximum atomic E-state index is 13.7. The number of hydrogen-bond acceptors (Lipinski definition) is 5. The van der Waals surface area contributed by atoms with E-state index < -0.39 is 17.7 Å². The van der Waals surface area contributed by atoms with Crippen LogP contribution in [0.15, 0.2) is 0 Å². The molecule has 1 N–H and O–H groups in total. The molecule has 2 amide bonds. The minimum Gasteiger partial charge on any atom is -0.444 e. The first-order valence-corrected chi connectivity index (χ1v) is 10.7. The van der Waals surface area contributed by atoms with E-state index in [2.05, 4.69) is 29.0 Å². The quantitative estimate of drug-likeness (QED) is 0.815. The summed E-state index contributed by atoms with van der Waals surface area (Å²) in [6.07, 6.45) is 3.24. The molecule has 3 rings (SSSR count). The van der Waals surface area contributed by atoms with Crippen molar-refractivity contribution in [2.45, 2.75) is 84.8 Å². The zero-order valence-electron chi connectivity index (χ0n) is 18.6. The summed E-state index contributed by atoms with van der Waals surface area (Å²) in [6.45, 7) is 13.4. The minimum absolute atomic E-state index is 0.0116. The number of likely N-dealkylation sites (tertiary alicyclic amines) is 2. The van der Waals surface area contributed by atoms with E-state index in [0.29, 0.717) is 19.6 Å². The van der Waals surface area contributed by atoms with Crippen LogP contribution >= 0.6 is 0 Å². The fourth-order valence-corrected chi connectivity index (χ4v) is 4.48. The normalized spacial score (nSPS) is 25.0. The Morgan fingerprint density at radius 3 is 2.55 bits per heavy atom. The number of amides is 2. The number of nitrogens with one attached hydrogen (secondary N) is 1. The highest BCUT2D eigenvalue weighted by Gasteiger charge is 2.47. The second kappa shape index (κ2) is 7.95. The van der Waals surface area contributed by atoms with Gasteiger partial charge >= 0.3 is 6.09 Å². The molecular weight excluding hydrogens is 370 g/mol. The maximum Gasteiger partial charge on any atom is 0.410 e. The van der Waals surface area contributed by atoms with Gasteiger partial charge in [0, 0.05) is 25.6 Å². The van der Waals surface area contributed by atoms with Crippen molar-refractivity contribution in [2.24, 2.45) is 5.41 Å². The first kappa shape index (κ1) is 21.6. The van der Waals surface area contributed by atoms with Crippen LogP contribution in [0.3, 0.4) is 0 Å². The lowest BCUT2D eigenvalue weighted by Gasteiger charge is -2.47. The summed E-state index contributed by atoms with van der Waals surface area (Å²) in [6, 6.07) is -0.515. The van der Waals surface area contributed by atoms with Gasteiger partial charge in [-0.15, -0.1) is 0 Å². The van der Waals surface area contributed by atoms with Gasteiger partial charge in [-0.1, -0.05) is 13.8 Å². The van der Waals surface area contributed by atoms with Crippen LogP contribution in [-0.4, -0.2) is 68.3 Å². The van der Waals surface area contributed by atoms with Crippen LogP contribution in [0.2, 0.25) is 0 Å². The molecule has 8 nitrogen and oxygen atoms in total. The van der Waals surface area contributed by atoms with E-state index in [1.54, 1.807) is 4.90 Å². The van der Waals surface area contributed by atoms with Crippen LogP contribution < -0.4 is 0 Å². The van der Waals surface area contributed by atoms with Crippen molar-refractivity contribution in [3.05, 3.63) is 11.6 Å². The lowest BCUT2D eigenvalue weighted by Crippen LogP contribution is -2.61. The van der Waals surface area contributed by atoms with Crippen molar-refractivity contribution < 1.29 is 14.3 Å². The molecule has 3 heterocycles. The lowest BCUT2D eigenvalue weighted by molar-refractivity contribution is -0.145. The van der Waals surface area contributed by atoms with Crippen molar-refractivity contribution in [1.29, 1.82) is 0 Å². The van der Waals surface area contributed by atoms with Gasteiger partial charge < -0.3 is 9.64 Å². The monoisotopic (exact) mass is 405 g/mol. The third-order valence-electron chi connectivity index (χ3n) is 5.85. The zero-order valence-corrected chi connectivity index (χ0v) is 18.6. The molecule has 2 atom stereocenters. The van der Waals surface area contributed by atoms with Gasteiger partial charge in [0.1, 0.15) is 17.5 Å². The number of nitrogens with zero attached hydrogens (tertiary/aromatic N) is 4. The van der Waals surface area contributed by atoms with Crippen molar-refractivity contribution in [3.63, 3.8) is 0 Å². The number of carbonyl (C=O) groups excluding carboxylic acids is 2. The molecule has 162 valence electrons. The summed E-state index contributed by atoms with van der Waals surface area (Å²) in [4.78, 5) is 34.6. The highest BCUT2D eigenvalue weighted by atomic mass is 16.6. The van der Waals surface area contributed by atoms with Crippen molar-refractivity contribution in [2.75, 3.05) is 19.6 Å². The Kier molecular flexibility index (Phi) is 5.92. The van der Waals surface area contributed by atoms with Crippen LogP contribution in [0.4, 0.5) is 4.79 Å². The summed E-state index contributed by atoms with van der Waals surface area (Å²) in [5.74, 6) is 1.69. The average molecular weight is 406 g/mol. The number of H-pyrrole nitrogens is 1. The minimum atomic E-state index is -0.591. The molecule has 0 aliphatic carbocycles. The van der Waals surface area contributed by atoms with Gasteiger partial charge in [-0.3, -0.25) is 14.8 Å². The summed E-state index contributed by atoms with van der Waals surface area (Å²) in [7, 11) is 0. The predicted octanol–water partition coefficient (Wildman–Crippen LogP) is 3.24. The molecule has 0 radical (unpaired) electrons. The molecule has 0 saturated carbocycles. The Morgan fingerprint density at radius 1 is 1.21 bits per heavy atom. The third kappa shape index (κ3) is 4.90. The third-order valence-corrected chi connectivity index (χ3v) is 5.85. The summed E-state index contributed by atoms with van der Waals surface area (Å²) < 4.78 is 5.62. The molecule has 0 aromatic carbocycles. The first-order chi connectivity index (χ1) is 13.5. The van der Waals surface area contributed by atoms with E-state index in [9.17, 15) is 9.59 Å². The number of aromatic nitrogens is 3. The molecule has 0 unspecified atom stereocenters. The topological polar surface area (TPSA) is 91.4 Å². The Bertz CT molecular complexity index is 752. The van der Waals surface area contributed by atoms with Crippen molar-refractivity contribution in [3.8, 4) is 0 Å². The molecule has 0 bridgehead atoms. The molecule has 1 aromatic heterocycles. The fourth-order valence-electron chi connectivity index (χ4n) is 4.48. The fraction of sp³-hybridized carbons (Fsp3) is 0.810. The molecule has 2 aliphatic heterocycles. The molecule has 8 heteroatoms. The smallest absolute Gasteiger partial charge is 0.410 e. The number of rotatable bonds is 2. The van der Waals surface area contributed by atoms with Gasteiger partial charge in [-0.05, 0) is 58.8 Å². The van der Waals surface area contributed by atoms with Crippen LogP contribution in [-0.2, 0) is 9.53 Å². The van der Waals surface area contributed by atoms with Crippen LogP contribution in [0.1, 0.15) is 77.9 Å². The number of piperidine rings is 2. The Hall–Kier alpha value is -2.12. The van der Waals surface area contributed by atoms with Crippen LogP contribution in [0.25, 0.3) is 0 Å². The van der Waals surface area contributed by atoms with E-state index in [1.807, 2.05) is 32.6 Å². The van der Waals surface area contributed by atoms with Crippen molar-refractivity contribution >= 4 is 12.0 Å². The largest absolute Gasteiger partial charge is 0.444 e. The van der Waals surface area contributed by atoms with E-state index in [0.717, 1.165) is 37.3 Å². The van der Waals surface area contributed by atoms with Crippen LogP contribution in [0.5, 0.6) is 0 Å². The van der Waals surface area contributed by atoms with E-state index in [1.165, 1.54) is 0 Å². The standard InChI is InChI=1S/C21H35N5O3/c1-14-22-17(24-23-14)15-9-7-11-25(13-15)18(27)16-21(5,6)10-8-12-26(16)19(28)29-20(2,3)4/h15-16H,7-13H2,1-6H3,(H,22,23,24)/t15-,16+/m1/s1. The van der Waals surface area contributed by atoms with Crippen LogP contribution in [0, 0.1) is 12.3 Å². The molecule has 2 saturated heterocycles. The van der Waals surface area contributed by atoms with Gasteiger partial charge in [0.25, 0.3) is 0 Å². The molecule has 0 spiro atoms. The lowest BCUT2D eigenvalue weighted by atomic mass is 9.75. The second-order valence-electron chi connectivity index (χ2n) is 10.1. The summed E-state index contributed by atoms with van der Waals surface area (Å²) in [5, 5.41) is 7.20. The molecule has 29 heavy (non-hydrogen) atoms. The first-order valence-electron chi connectivity index (χ1n) is 10.7. The number of hydrogen-bond donors (Lipinski definition) is 1. The van der Waals surface area contributed by atoms with E-state index in [4.69, 9.17) is 4.74 Å². The summed E-state index contributed by atoms with van der Waals surface area (Å²) >= 11 is 0. The Labute approximate surface area is 173 Å². The second-order valence-corrected chi connectivity index (χ2v) is 10.1. The number of aromatic amines is 1. The van der Waals surface area contributed by atoms with Crippen molar-refractivity contribution in [1.82, 2.24) is 25.0 Å². The van der Waals surface area contributed by atoms with Gasteiger partial charge in [0.05, 0.1) is 0 Å². The Morgan fingerprint density at radius 2 is 1.93 bits per heavy atom. The molecule has 2 aliphatic rings. The van der Waals surface area contributed by atoms with Gasteiger partial charge in [0.2, 0.25) is 5.91 Å². The number of carbonyl (C=O) groups is 2. The van der Waals surface area contributed by atoms with Gasteiger partial charge in [-0.2, -0.15) is 5.10 Å². The molecular formula is C21H35N5O3. The molecule has 1 aromatic rings. The number of ether oxygens (including phenoxy) is 1. The highest BCUT2D eigenvalue weighted by Crippen LogP contribution is 2.38. The molecule has 2 fully saturated rings. The SMILES string of the molecule is Cc1nc([C@@H]2CCCN(C(=O)[C@@H]3N(C(=O)OC(C)(C)C)CCCC3(C)C)C2)n[nH]1. The predicted molar refractivity (Wildman–Crippen MR) is 109 cm³/mol. The number of aryl methyl sites for hydroxylation is 1. The van der Waals surface area contributed by atoms with E-state index >= 15 is 0 Å². The maximum absolute atomic E-state index is 13.7. The average Bonchev–Trinajstić information content (AvgIpc) is 3.05. The van der Waals surface area contributed by atoms with Gasteiger partial charge in [-0.25, -0.2) is 9.78 Å². The van der Waals surface area contributed by atoms with E-state index in [-0.39, 0.29) is 17.2 Å².